The molecule has 1 rings (SSSR count). The molecule has 1 N–H and O–H groups in total. The average Bonchev–Trinajstić information content (AvgIpc) is 2.34. The summed E-state index contributed by atoms with van der Waals surface area (Å²) in [6, 6.07) is 0.696. The van der Waals surface area contributed by atoms with Crippen LogP contribution in [0.15, 0.2) is 0 Å². The summed E-state index contributed by atoms with van der Waals surface area (Å²) < 4.78 is 0. The van der Waals surface area contributed by atoms with Crippen molar-refractivity contribution in [3.8, 4) is 0 Å². The van der Waals surface area contributed by atoms with Crippen LogP contribution in [-0.4, -0.2) is 37.1 Å². The zero-order chi connectivity index (χ0) is 11.6. The quantitative estimate of drug-likeness (QED) is 0.640. The Kier molecular flexibility index (Phi) is 7.87. The van der Waals surface area contributed by atoms with Crippen molar-refractivity contribution >= 4 is 0 Å². The minimum Gasteiger partial charge on any atom is -0.314 e. The number of hydrogen-bond acceptors (Lipinski definition) is 2. The maximum atomic E-state index is 3.56. The molecule has 0 aromatic rings. The topological polar surface area (TPSA) is 15.3 Å². The predicted molar refractivity (Wildman–Crippen MR) is 71.9 cm³/mol. The van der Waals surface area contributed by atoms with E-state index in [1.807, 2.05) is 0 Å². The predicted octanol–water partition coefficient (Wildman–Crippen LogP) is 3.03. The molecule has 2 heteroatoms. The zero-order valence-corrected chi connectivity index (χ0v) is 11.3. The summed E-state index contributed by atoms with van der Waals surface area (Å²) in [7, 11) is 0. The van der Waals surface area contributed by atoms with Crippen LogP contribution in [0.3, 0.4) is 0 Å². The maximum absolute atomic E-state index is 3.56. The van der Waals surface area contributed by atoms with Crippen LogP contribution >= 0.6 is 0 Å². The Balaban J connectivity index is 1.84. The molecular weight excluding hydrogens is 196 g/mol. The molecule has 0 aromatic carbocycles. The lowest BCUT2D eigenvalue weighted by molar-refractivity contribution is 0.224. The molecule has 0 aliphatic carbocycles. The van der Waals surface area contributed by atoms with E-state index >= 15 is 0 Å². The van der Waals surface area contributed by atoms with E-state index < -0.39 is 0 Å². The van der Waals surface area contributed by atoms with E-state index in [0.29, 0.717) is 6.04 Å². The van der Waals surface area contributed by atoms with E-state index in [1.165, 1.54) is 71.1 Å². The van der Waals surface area contributed by atoms with Crippen LogP contribution in [0.25, 0.3) is 0 Å². The van der Waals surface area contributed by atoms with Gasteiger partial charge >= 0.3 is 0 Å². The highest BCUT2D eigenvalue weighted by molar-refractivity contribution is 4.64. The molecule has 1 heterocycles. The van der Waals surface area contributed by atoms with Gasteiger partial charge < -0.3 is 10.2 Å². The molecular formula is C14H30N2. The molecule has 2 nitrogen and oxygen atoms in total. The van der Waals surface area contributed by atoms with Crippen molar-refractivity contribution < 1.29 is 0 Å². The standard InChI is InChI=1S/C14H30N2/c1-3-14(2)15-10-6-4-7-11-16-12-8-5-9-13-16/h14-15H,3-13H2,1-2H3. The zero-order valence-electron chi connectivity index (χ0n) is 11.3. The molecule has 1 fully saturated rings. The van der Waals surface area contributed by atoms with E-state index in [-0.39, 0.29) is 0 Å². The number of hydrogen-bond donors (Lipinski definition) is 1. The minimum atomic E-state index is 0.696. The van der Waals surface area contributed by atoms with Crippen LogP contribution in [0.5, 0.6) is 0 Å². The van der Waals surface area contributed by atoms with E-state index in [4.69, 9.17) is 0 Å². The third-order valence-electron chi connectivity index (χ3n) is 3.70. The summed E-state index contributed by atoms with van der Waals surface area (Å²) in [5, 5.41) is 3.56. The number of nitrogens with zero attached hydrogens (tertiary/aromatic N) is 1. The van der Waals surface area contributed by atoms with E-state index in [1.54, 1.807) is 0 Å². The van der Waals surface area contributed by atoms with Crippen LogP contribution < -0.4 is 5.32 Å². The molecule has 1 atom stereocenters. The Hall–Kier alpha value is -0.0800. The fourth-order valence-corrected chi connectivity index (χ4v) is 2.31. The first-order chi connectivity index (χ1) is 7.83. The van der Waals surface area contributed by atoms with Crippen molar-refractivity contribution in [3.63, 3.8) is 0 Å². The second-order valence-corrected chi connectivity index (χ2v) is 5.23. The number of rotatable bonds is 8. The molecule has 1 aliphatic rings. The minimum absolute atomic E-state index is 0.696. The first-order valence-corrected chi connectivity index (χ1v) is 7.28. The van der Waals surface area contributed by atoms with Gasteiger partial charge in [-0.15, -0.1) is 0 Å². The number of unbranched alkanes of at least 4 members (excludes halogenated alkanes) is 2. The molecule has 1 saturated heterocycles. The number of likely N-dealkylation sites (tertiary alicyclic amines) is 1. The van der Waals surface area contributed by atoms with Crippen molar-refractivity contribution in [1.29, 1.82) is 0 Å². The molecule has 0 bridgehead atoms. The monoisotopic (exact) mass is 226 g/mol. The van der Waals surface area contributed by atoms with E-state index in [9.17, 15) is 0 Å². The van der Waals surface area contributed by atoms with Gasteiger partial charge in [-0.25, -0.2) is 0 Å². The van der Waals surface area contributed by atoms with Gasteiger partial charge in [0.2, 0.25) is 0 Å². The molecule has 96 valence electrons. The Morgan fingerprint density at radius 1 is 1.06 bits per heavy atom. The fraction of sp³-hybridized carbons (Fsp3) is 1.00. The van der Waals surface area contributed by atoms with Gasteiger partial charge in [0, 0.05) is 6.04 Å². The van der Waals surface area contributed by atoms with Gasteiger partial charge in [-0.3, -0.25) is 0 Å². The van der Waals surface area contributed by atoms with E-state index in [2.05, 4.69) is 24.1 Å². The van der Waals surface area contributed by atoms with Gasteiger partial charge in [0.1, 0.15) is 0 Å². The number of nitrogens with one attached hydrogen (secondary N) is 1. The summed E-state index contributed by atoms with van der Waals surface area (Å²) >= 11 is 0. The van der Waals surface area contributed by atoms with Crippen LogP contribution in [-0.2, 0) is 0 Å². The lowest BCUT2D eigenvalue weighted by atomic mass is 10.1. The fourth-order valence-electron chi connectivity index (χ4n) is 2.31. The summed E-state index contributed by atoms with van der Waals surface area (Å²) in [6.45, 7) is 9.76. The Morgan fingerprint density at radius 2 is 1.81 bits per heavy atom. The van der Waals surface area contributed by atoms with Crippen LogP contribution in [0.2, 0.25) is 0 Å². The normalized spacial score (nSPS) is 19.9. The lowest BCUT2D eigenvalue weighted by Gasteiger charge is -2.26. The highest BCUT2D eigenvalue weighted by atomic mass is 15.1. The molecule has 1 unspecified atom stereocenters. The molecule has 1 aliphatic heterocycles. The van der Waals surface area contributed by atoms with Gasteiger partial charge in [-0.1, -0.05) is 19.8 Å². The first kappa shape index (κ1) is 14.0. The SMILES string of the molecule is CCC(C)NCCCCCN1CCCCC1. The number of piperidine rings is 1. The first-order valence-electron chi connectivity index (χ1n) is 7.28. The van der Waals surface area contributed by atoms with Crippen molar-refractivity contribution in [3.05, 3.63) is 0 Å². The molecule has 16 heavy (non-hydrogen) atoms. The molecule has 0 radical (unpaired) electrons. The van der Waals surface area contributed by atoms with Gasteiger partial charge in [0.25, 0.3) is 0 Å². The van der Waals surface area contributed by atoms with Crippen molar-refractivity contribution in [2.75, 3.05) is 26.2 Å². The highest BCUT2D eigenvalue weighted by Gasteiger charge is 2.08. The van der Waals surface area contributed by atoms with Crippen LogP contribution in [0.1, 0.15) is 58.8 Å². The van der Waals surface area contributed by atoms with Crippen molar-refractivity contribution in [2.45, 2.75) is 64.8 Å². The largest absolute Gasteiger partial charge is 0.314 e. The third kappa shape index (κ3) is 6.49. The molecule has 0 aromatic heterocycles. The second-order valence-electron chi connectivity index (χ2n) is 5.23. The van der Waals surface area contributed by atoms with E-state index in [0.717, 1.165) is 0 Å². The Bertz CT molecular complexity index is 153. The van der Waals surface area contributed by atoms with Crippen molar-refractivity contribution in [2.24, 2.45) is 0 Å². The summed E-state index contributed by atoms with van der Waals surface area (Å²) in [5.41, 5.74) is 0. The maximum Gasteiger partial charge on any atom is 0.00360 e. The molecule has 0 amide bonds. The molecule has 0 saturated carbocycles. The smallest absolute Gasteiger partial charge is 0.00360 e. The third-order valence-corrected chi connectivity index (χ3v) is 3.70. The Labute approximate surface area is 102 Å². The van der Waals surface area contributed by atoms with Gasteiger partial charge in [0.05, 0.1) is 0 Å². The molecule has 0 spiro atoms. The summed E-state index contributed by atoms with van der Waals surface area (Å²) in [5.74, 6) is 0. The average molecular weight is 226 g/mol. The second kappa shape index (κ2) is 9.00. The van der Waals surface area contributed by atoms with Crippen LogP contribution in [0.4, 0.5) is 0 Å². The van der Waals surface area contributed by atoms with Gasteiger partial charge in [0.15, 0.2) is 0 Å². The van der Waals surface area contributed by atoms with Crippen molar-refractivity contribution in [1.82, 2.24) is 10.2 Å². The van der Waals surface area contributed by atoms with Crippen LogP contribution in [0, 0.1) is 0 Å². The highest BCUT2D eigenvalue weighted by Crippen LogP contribution is 2.09. The summed E-state index contributed by atoms with van der Waals surface area (Å²) in [6.07, 6.45) is 9.68. The van der Waals surface area contributed by atoms with Gasteiger partial charge in [-0.05, 0) is 65.2 Å². The lowest BCUT2D eigenvalue weighted by Crippen LogP contribution is -2.30. The Morgan fingerprint density at radius 3 is 2.50 bits per heavy atom. The van der Waals surface area contributed by atoms with Gasteiger partial charge in [-0.2, -0.15) is 0 Å². The summed E-state index contributed by atoms with van der Waals surface area (Å²) in [4.78, 5) is 2.64.